The van der Waals surface area contributed by atoms with Crippen molar-refractivity contribution in [1.82, 2.24) is 4.90 Å². The number of nitrogens with two attached hydrogens (primary N) is 1. The Labute approximate surface area is 119 Å². The number of fused-ring (bicyclic) bond motifs is 1. The van der Waals surface area contributed by atoms with Crippen LogP contribution >= 0.6 is 0 Å². The molecule has 1 aliphatic carbocycles. The maximum atomic E-state index is 12.3. The van der Waals surface area contributed by atoms with Crippen LogP contribution in [0.1, 0.15) is 18.4 Å². The van der Waals surface area contributed by atoms with E-state index in [1.807, 2.05) is 35.0 Å². The molecular formula is C15H20N4O. The summed E-state index contributed by atoms with van der Waals surface area (Å²) in [6.07, 6.45) is 3.25. The van der Waals surface area contributed by atoms with E-state index in [2.05, 4.69) is 11.1 Å². The minimum absolute atomic E-state index is 0.0158. The van der Waals surface area contributed by atoms with Crippen molar-refractivity contribution in [1.29, 1.82) is 0 Å². The molecule has 1 amide bonds. The standard InChI is InChI=1S/C15H20N4O/c1-18(12-6-7-12)15(16)17-10-14(20)19-9-8-11-4-2-3-5-13(11)19/h2-5,12H,6-10H2,1H3,(H2,16,17). The van der Waals surface area contributed by atoms with E-state index in [0.29, 0.717) is 12.0 Å². The summed E-state index contributed by atoms with van der Waals surface area (Å²) in [5, 5.41) is 0. The molecule has 1 aromatic carbocycles. The lowest BCUT2D eigenvalue weighted by molar-refractivity contribution is -0.117. The van der Waals surface area contributed by atoms with Gasteiger partial charge in [-0.25, -0.2) is 4.99 Å². The molecular weight excluding hydrogens is 252 g/mol. The molecule has 0 radical (unpaired) electrons. The molecule has 0 spiro atoms. The largest absolute Gasteiger partial charge is 0.370 e. The highest BCUT2D eigenvalue weighted by atomic mass is 16.2. The Morgan fingerprint density at radius 3 is 2.95 bits per heavy atom. The Morgan fingerprint density at radius 1 is 1.45 bits per heavy atom. The summed E-state index contributed by atoms with van der Waals surface area (Å²) in [6.45, 7) is 0.864. The smallest absolute Gasteiger partial charge is 0.248 e. The Morgan fingerprint density at radius 2 is 2.20 bits per heavy atom. The van der Waals surface area contributed by atoms with Crippen LogP contribution in [0.3, 0.4) is 0 Å². The van der Waals surface area contributed by atoms with E-state index in [9.17, 15) is 4.79 Å². The first-order chi connectivity index (χ1) is 9.66. The zero-order valence-electron chi connectivity index (χ0n) is 11.7. The monoisotopic (exact) mass is 272 g/mol. The fourth-order valence-corrected chi connectivity index (χ4v) is 2.59. The maximum Gasteiger partial charge on any atom is 0.248 e. The molecule has 5 heteroatoms. The van der Waals surface area contributed by atoms with Crippen molar-refractivity contribution in [2.45, 2.75) is 25.3 Å². The first-order valence-corrected chi connectivity index (χ1v) is 7.08. The predicted octanol–water partition coefficient (Wildman–Crippen LogP) is 0.985. The number of carbonyl (C=O) groups is 1. The quantitative estimate of drug-likeness (QED) is 0.659. The highest BCUT2D eigenvalue weighted by Gasteiger charge is 2.28. The summed E-state index contributed by atoms with van der Waals surface area (Å²) < 4.78 is 0. The molecule has 0 bridgehead atoms. The van der Waals surface area contributed by atoms with E-state index in [1.54, 1.807) is 0 Å². The van der Waals surface area contributed by atoms with Crippen LogP contribution in [-0.2, 0) is 11.2 Å². The van der Waals surface area contributed by atoms with Crippen LogP contribution < -0.4 is 10.6 Å². The molecule has 106 valence electrons. The summed E-state index contributed by atoms with van der Waals surface area (Å²) >= 11 is 0. The Hall–Kier alpha value is -2.04. The fourth-order valence-electron chi connectivity index (χ4n) is 2.59. The van der Waals surface area contributed by atoms with Gasteiger partial charge in [-0.3, -0.25) is 4.79 Å². The zero-order chi connectivity index (χ0) is 14.1. The molecule has 1 heterocycles. The predicted molar refractivity (Wildman–Crippen MR) is 79.8 cm³/mol. The third kappa shape index (κ3) is 2.48. The molecule has 3 rings (SSSR count). The molecule has 2 aliphatic rings. The lowest BCUT2D eigenvalue weighted by Crippen LogP contribution is -2.37. The van der Waals surface area contributed by atoms with Gasteiger partial charge in [0.1, 0.15) is 6.54 Å². The molecule has 1 fully saturated rings. The number of amides is 1. The first kappa shape index (κ1) is 13.0. The highest BCUT2D eigenvalue weighted by Crippen LogP contribution is 2.27. The summed E-state index contributed by atoms with van der Waals surface area (Å²) in [6, 6.07) is 8.54. The lowest BCUT2D eigenvalue weighted by atomic mass is 10.2. The molecule has 5 nitrogen and oxygen atoms in total. The maximum absolute atomic E-state index is 12.3. The minimum Gasteiger partial charge on any atom is -0.370 e. The molecule has 0 unspecified atom stereocenters. The molecule has 0 saturated heterocycles. The number of hydrogen-bond acceptors (Lipinski definition) is 2. The van der Waals surface area contributed by atoms with Gasteiger partial charge >= 0.3 is 0 Å². The van der Waals surface area contributed by atoms with E-state index in [1.165, 1.54) is 18.4 Å². The molecule has 1 aromatic rings. The Balaban J connectivity index is 1.64. The van der Waals surface area contributed by atoms with E-state index >= 15 is 0 Å². The average Bonchev–Trinajstić information content (AvgIpc) is 3.23. The molecule has 1 saturated carbocycles. The van der Waals surface area contributed by atoms with Gasteiger partial charge in [0, 0.05) is 25.3 Å². The topological polar surface area (TPSA) is 61.9 Å². The van der Waals surface area contributed by atoms with E-state index in [4.69, 9.17) is 5.73 Å². The molecule has 0 aromatic heterocycles. The van der Waals surface area contributed by atoms with Crippen LogP contribution in [0.2, 0.25) is 0 Å². The van der Waals surface area contributed by atoms with Crippen LogP contribution in [0.25, 0.3) is 0 Å². The van der Waals surface area contributed by atoms with Crippen molar-refractivity contribution >= 4 is 17.6 Å². The van der Waals surface area contributed by atoms with Crippen molar-refractivity contribution in [2.24, 2.45) is 10.7 Å². The summed E-state index contributed by atoms with van der Waals surface area (Å²) in [5.74, 6) is 0.482. The van der Waals surface area contributed by atoms with E-state index < -0.39 is 0 Å². The molecule has 20 heavy (non-hydrogen) atoms. The number of anilines is 1. The number of rotatable bonds is 3. The van der Waals surface area contributed by atoms with Crippen LogP contribution in [0.15, 0.2) is 29.3 Å². The number of para-hydroxylation sites is 1. The third-order valence-corrected chi connectivity index (χ3v) is 4.02. The molecule has 0 atom stereocenters. The fraction of sp³-hybridized carbons (Fsp3) is 0.467. The first-order valence-electron chi connectivity index (χ1n) is 7.08. The van der Waals surface area contributed by atoms with Crippen molar-refractivity contribution in [2.75, 3.05) is 25.0 Å². The third-order valence-electron chi connectivity index (χ3n) is 4.02. The van der Waals surface area contributed by atoms with Gasteiger partial charge in [0.2, 0.25) is 5.91 Å². The summed E-state index contributed by atoms with van der Waals surface area (Å²) in [7, 11) is 1.94. The second-order valence-electron chi connectivity index (χ2n) is 5.44. The van der Waals surface area contributed by atoms with Crippen LogP contribution in [0, 0.1) is 0 Å². The number of nitrogens with zero attached hydrogens (tertiary/aromatic N) is 3. The van der Waals surface area contributed by atoms with Crippen molar-refractivity contribution in [3.8, 4) is 0 Å². The van der Waals surface area contributed by atoms with Crippen molar-refractivity contribution in [3.63, 3.8) is 0 Å². The lowest BCUT2D eigenvalue weighted by Gasteiger charge is -2.19. The van der Waals surface area contributed by atoms with Gasteiger partial charge in [-0.2, -0.15) is 0 Å². The van der Waals surface area contributed by atoms with Gasteiger partial charge < -0.3 is 15.5 Å². The van der Waals surface area contributed by atoms with E-state index in [-0.39, 0.29) is 12.5 Å². The number of hydrogen-bond donors (Lipinski definition) is 1. The van der Waals surface area contributed by atoms with Gasteiger partial charge in [-0.1, -0.05) is 18.2 Å². The second kappa shape index (κ2) is 5.15. The minimum atomic E-state index is 0.0158. The number of guanidine groups is 1. The van der Waals surface area contributed by atoms with E-state index in [0.717, 1.165) is 18.7 Å². The van der Waals surface area contributed by atoms with Crippen LogP contribution in [-0.4, -0.2) is 42.9 Å². The Kier molecular flexibility index (Phi) is 3.34. The van der Waals surface area contributed by atoms with Gasteiger partial charge in [0.25, 0.3) is 0 Å². The van der Waals surface area contributed by atoms with Gasteiger partial charge in [-0.15, -0.1) is 0 Å². The van der Waals surface area contributed by atoms with Crippen molar-refractivity contribution in [3.05, 3.63) is 29.8 Å². The number of benzene rings is 1. The van der Waals surface area contributed by atoms with Gasteiger partial charge in [-0.05, 0) is 30.9 Å². The normalized spacial score (nSPS) is 18.1. The zero-order valence-corrected chi connectivity index (χ0v) is 11.7. The molecule has 2 N–H and O–H groups in total. The van der Waals surface area contributed by atoms with Gasteiger partial charge in [0.05, 0.1) is 0 Å². The van der Waals surface area contributed by atoms with Crippen LogP contribution in [0.5, 0.6) is 0 Å². The number of aliphatic imine (C=N–C) groups is 1. The molecule has 1 aliphatic heterocycles. The van der Waals surface area contributed by atoms with Crippen LogP contribution in [0.4, 0.5) is 5.69 Å². The summed E-state index contributed by atoms with van der Waals surface area (Å²) in [5.41, 5.74) is 8.15. The number of carbonyl (C=O) groups excluding carboxylic acids is 1. The second-order valence-corrected chi connectivity index (χ2v) is 5.44. The summed E-state index contributed by atoms with van der Waals surface area (Å²) in [4.78, 5) is 20.3. The van der Waals surface area contributed by atoms with Crippen molar-refractivity contribution < 1.29 is 4.79 Å². The van der Waals surface area contributed by atoms with Gasteiger partial charge in [0.15, 0.2) is 5.96 Å². The average molecular weight is 272 g/mol. The highest BCUT2D eigenvalue weighted by molar-refractivity contribution is 5.97. The Bertz CT molecular complexity index is 551. The SMILES string of the molecule is CN(C(N)=NCC(=O)N1CCc2ccccc21)C1CC1.